The van der Waals surface area contributed by atoms with Gasteiger partial charge in [0, 0.05) is 6.54 Å². The van der Waals surface area contributed by atoms with Gasteiger partial charge in [-0.05, 0) is 51.3 Å². The highest BCUT2D eigenvalue weighted by Gasteiger charge is 2.30. The van der Waals surface area contributed by atoms with Crippen LogP contribution in [0.4, 0.5) is 18.9 Å². The number of benzene rings is 1. The largest absolute Gasteiger partial charge is 0.416 e. The summed E-state index contributed by atoms with van der Waals surface area (Å²) >= 11 is 0. The second kappa shape index (κ2) is 8.52. The summed E-state index contributed by atoms with van der Waals surface area (Å²) in [4.78, 5) is 13.9. The van der Waals surface area contributed by atoms with Crippen LogP contribution in [0.15, 0.2) is 24.3 Å². The number of sulfonamides is 1. The van der Waals surface area contributed by atoms with Gasteiger partial charge in [0.05, 0.1) is 17.5 Å². The quantitative estimate of drug-likeness (QED) is 0.694. The van der Waals surface area contributed by atoms with Crippen LogP contribution in [0.1, 0.15) is 12.0 Å². The summed E-state index contributed by atoms with van der Waals surface area (Å²) in [6.07, 6.45) is -2.93. The maximum Gasteiger partial charge on any atom is 0.416 e. The molecule has 25 heavy (non-hydrogen) atoms. The van der Waals surface area contributed by atoms with Crippen LogP contribution in [0.2, 0.25) is 0 Å². The maximum absolute atomic E-state index is 12.6. The van der Waals surface area contributed by atoms with Gasteiger partial charge in [-0.15, -0.1) is 0 Å². The molecular weight excluding hydrogens is 359 g/mol. The monoisotopic (exact) mass is 381 g/mol. The molecule has 0 aromatic heterocycles. The summed E-state index contributed by atoms with van der Waals surface area (Å²) in [6, 6.07) is 3.62. The zero-order chi connectivity index (χ0) is 19.3. The number of alkyl halides is 3. The van der Waals surface area contributed by atoms with E-state index in [1.54, 1.807) is 0 Å². The van der Waals surface area contributed by atoms with Crippen molar-refractivity contribution in [1.82, 2.24) is 10.2 Å². The molecule has 0 heterocycles. The molecule has 0 radical (unpaired) electrons. The molecule has 0 bridgehead atoms. The Hall–Kier alpha value is -1.81. The van der Waals surface area contributed by atoms with Crippen molar-refractivity contribution in [2.75, 3.05) is 44.3 Å². The van der Waals surface area contributed by atoms with Crippen molar-refractivity contribution in [1.29, 1.82) is 0 Å². The Labute approximate surface area is 145 Å². The van der Waals surface area contributed by atoms with Gasteiger partial charge in [-0.25, -0.2) is 8.42 Å². The van der Waals surface area contributed by atoms with Crippen LogP contribution in [-0.4, -0.2) is 59.2 Å². The lowest BCUT2D eigenvalue weighted by atomic mass is 10.2. The van der Waals surface area contributed by atoms with E-state index in [9.17, 15) is 26.4 Å². The predicted octanol–water partition coefficient (Wildman–Crippen LogP) is 1.54. The van der Waals surface area contributed by atoms with E-state index < -0.39 is 34.2 Å². The van der Waals surface area contributed by atoms with Crippen LogP contribution in [-0.2, 0) is 21.0 Å². The molecule has 0 saturated heterocycles. The average Bonchev–Trinajstić information content (AvgIpc) is 2.47. The number of carbonyl (C=O) groups excluding carboxylic acids is 1. The molecule has 0 saturated carbocycles. The zero-order valence-electron chi connectivity index (χ0n) is 14.3. The third-order valence-electron chi connectivity index (χ3n) is 3.27. The number of rotatable bonds is 8. The lowest BCUT2D eigenvalue weighted by Crippen LogP contribution is -2.41. The summed E-state index contributed by atoms with van der Waals surface area (Å²) < 4.78 is 62.3. The molecule has 0 fully saturated rings. The Balaban J connectivity index is 2.80. The minimum atomic E-state index is -4.52. The molecule has 1 N–H and O–H groups in total. The minimum Gasteiger partial charge on any atom is -0.354 e. The SMILES string of the molecule is CN(C)CCCNC(=O)CN(c1ccc(C(F)(F)F)cc1)S(C)(=O)=O. The van der Waals surface area contributed by atoms with Crippen molar-refractivity contribution in [2.45, 2.75) is 12.6 Å². The number of anilines is 1. The molecule has 0 spiro atoms. The fourth-order valence-electron chi connectivity index (χ4n) is 2.03. The van der Waals surface area contributed by atoms with Crippen LogP contribution in [0.25, 0.3) is 0 Å². The summed E-state index contributed by atoms with van der Waals surface area (Å²) in [5.74, 6) is -0.524. The minimum absolute atomic E-state index is 0.000980. The van der Waals surface area contributed by atoms with E-state index in [-0.39, 0.29) is 5.69 Å². The molecule has 1 aromatic rings. The van der Waals surface area contributed by atoms with Crippen molar-refractivity contribution in [3.63, 3.8) is 0 Å². The molecule has 0 aliphatic rings. The highest BCUT2D eigenvalue weighted by atomic mass is 32.2. The molecular formula is C15H22F3N3O3S. The van der Waals surface area contributed by atoms with E-state index in [1.165, 1.54) is 0 Å². The number of hydrogen-bond donors (Lipinski definition) is 1. The highest BCUT2D eigenvalue weighted by molar-refractivity contribution is 7.92. The first-order valence-electron chi connectivity index (χ1n) is 7.47. The average molecular weight is 381 g/mol. The first kappa shape index (κ1) is 21.2. The fourth-order valence-corrected chi connectivity index (χ4v) is 2.88. The van der Waals surface area contributed by atoms with Gasteiger partial charge in [-0.1, -0.05) is 0 Å². The van der Waals surface area contributed by atoms with Crippen LogP contribution in [0.3, 0.4) is 0 Å². The molecule has 142 valence electrons. The van der Waals surface area contributed by atoms with E-state index in [4.69, 9.17) is 0 Å². The van der Waals surface area contributed by atoms with Gasteiger partial charge < -0.3 is 10.2 Å². The Morgan fingerprint density at radius 3 is 2.16 bits per heavy atom. The molecule has 0 aliphatic carbocycles. The molecule has 0 unspecified atom stereocenters. The lowest BCUT2D eigenvalue weighted by Gasteiger charge is -2.22. The lowest BCUT2D eigenvalue weighted by molar-refractivity contribution is -0.137. The first-order chi connectivity index (χ1) is 11.4. The van der Waals surface area contributed by atoms with E-state index >= 15 is 0 Å². The number of hydrogen-bond acceptors (Lipinski definition) is 4. The number of nitrogens with zero attached hydrogens (tertiary/aromatic N) is 2. The van der Waals surface area contributed by atoms with Crippen LogP contribution >= 0.6 is 0 Å². The second-order valence-corrected chi connectivity index (χ2v) is 7.73. The second-order valence-electron chi connectivity index (χ2n) is 5.82. The third-order valence-corrected chi connectivity index (χ3v) is 4.42. The molecule has 10 heteroatoms. The van der Waals surface area contributed by atoms with E-state index in [1.807, 2.05) is 19.0 Å². The summed E-state index contributed by atoms with van der Waals surface area (Å²) in [5, 5.41) is 2.59. The van der Waals surface area contributed by atoms with Crippen LogP contribution in [0, 0.1) is 0 Å². The zero-order valence-corrected chi connectivity index (χ0v) is 15.1. The molecule has 1 amide bonds. The summed E-state index contributed by atoms with van der Waals surface area (Å²) in [7, 11) is -0.0489. The number of halogens is 3. The van der Waals surface area contributed by atoms with Crippen molar-refractivity contribution in [3.05, 3.63) is 29.8 Å². The van der Waals surface area contributed by atoms with Gasteiger partial charge in [-0.2, -0.15) is 13.2 Å². The number of carbonyl (C=O) groups is 1. The van der Waals surface area contributed by atoms with E-state index in [0.717, 1.165) is 41.4 Å². The van der Waals surface area contributed by atoms with Gasteiger partial charge in [0.1, 0.15) is 6.54 Å². The topological polar surface area (TPSA) is 69.7 Å². The van der Waals surface area contributed by atoms with Crippen LogP contribution in [0.5, 0.6) is 0 Å². The summed E-state index contributed by atoms with van der Waals surface area (Å²) in [5.41, 5.74) is -0.892. The van der Waals surface area contributed by atoms with Crippen LogP contribution < -0.4 is 9.62 Å². The molecule has 1 rings (SSSR count). The van der Waals surface area contributed by atoms with Gasteiger partial charge in [0.2, 0.25) is 15.9 Å². The van der Waals surface area contributed by atoms with E-state index in [0.29, 0.717) is 13.0 Å². The van der Waals surface area contributed by atoms with Gasteiger partial charge in [0.15, 0.2) is 0 Å². The molecule has 0 atom stereocenters. The Bertz CT molecular complexity index is 674. The number of nitrogens with one attached hydrogen (secondary N) is 1. The molecule has 1 aromatic carbocycles. The Morgan fingerprint density at radius 1 is 1.16 bits per heavy atom. The molecule has 6 nitrogen and oxygen atoms in total. The van der Waals surface area contributed by atoms with Crippen molar-refractivity contribution in [2.24, 2.45) is 0 Å². The predicted molar refractivity (Wildman–Crippen MR) is 89.8 cm³/mol. The van der Waals surface area contributed by atoms with Crippen molar-refractivity contribution < 1.29 is 26.4 Å². The maximum atomic E-state index is 12.6. The number of amides is 1. The van der Waals surface area contributed by atoms with Gasteiger partial charge in [0.25, 0.3) is 0 Å². The molecule has 0 aliphatic heterocycles. The van der Waals surface area contributed by atoms with E-state index in [2.05, 4.69) is 5.32 Å². The van der Waals surface area contributed by atoms with Gasteiger partial charge >= 0.3 is 6.18 Å². The standard InChI is InChI=1S/C15H22F3N3O3S/c1-20(2)10-4-9-19-14(22)11-21(25(3,23)24)13-7-5-12(6-8-13)15(16,17)18/h5-8H,4,9-11H2,1-3H3,(H,19,22). The fraction of sp³-hybridized carbons (Fsp3) is 0.533. The smallest absolute Gasteiger partial charge is 0.354 e. The highest BCUT2D eigenvalue weighted by Crippen LogP contribution is 2.30. The normalized spacial score (nSPS) is 12.3. The summed E-state index contributed by atoms with van der Waals surface area (Å²) in [6.45, 7) is 0.642. The third kappa shape index (κ3) is 7.30. The van der Waals surface area contributed by atoms with Crippen molar-refractivity contribution in [3.8, 4) is 0 Å². The first-order valence-corrected chi connectivity index (χ1v) is 9.32. The van der Waals surface area contributed by atoms with Gasteiger partial charge in [-0.3, -0.25) is 9.10 Å². The Morgan fingerprint density at radius 2 is 1.72 bits per heavy atom. The van der Waals surface area contributed by atoms with Crippen molar-refractivity contribution >= 4 is 21.6 Å². The Kier molecular flexibility index (Phi) is 7.24.